The molecule has 18 heavy (non-hydrogen) atoms. The molecule has 0 bridgehead atoms. The summed E-state index contributed by atoms with van der Waals surface area (Å²) >= 11 is 0. The van der Waals surface area contributed by atoms with Crippen molar-refractivity contribution in [1.29, 1.82) is 0 Å². The molecule has 4 nitrogen and oxygen atoms in total. The Morgan fingerprint density at radius 3 is 3.06 bits per heavy atom. The van der Waals surface area contributed by atoms with Gasteiger partial charge in [-0.3, -0.25) is 4.90 Å². The Kier molecular flexibility index (Phi) is 4.19. The van der Waals surface area contributed by atoms with Gasteiger partial charge in [0.25, 0.3) is 0 Å². The molecule has 104 valence electrons. The van der Waals surface area contributed by atoms with Gasteiger partial charge < -0.3 is 15.0 Å². The van der Waals surface area contributed by atoms with E-state index in [9.17, 15) is 0 Å². The molecule has 3 aliphatic rings. The smallest absolute Gasteiger partial charge is 0.0829 e. The third-order valence-corrected chi connectivity index (χ3v) is 4.79. The molecule has 4 heteroatoms. The molecule has 0 saturated carbocycles. The number of morpholine rings is 1. The highest BCUT2D eigenvalue weighted by Gasteiger charge is 2.33. The average molecular weight is 253 g/mol. The zero-order valence-corrected chi connectivity index (χ0v) is 11.6. The molecule has 0 spiro atoms. The second-order valence-electron chi connectivity index (χ2n) is 6.22. The second-order valence-corrected chi connectivity index (χ2v) is 6.22. The molecule has 0 aromatic carbocycles. The van der Waals surface area contributed by atoms with Crippen LogP contribution in [0.15, 0.2) is 0 Å². The molecule has 3 fully saturated rings. The lowest BCUT2D eigenvalue weighted by Gasteiger charge is -2.36. The normalized spacial score (nSPS) is 38.2. The van der Waals surface area contributed by atoms with Crippen LogP contribution in [0.2, 0.25) is 0 Å². The molecule has 0 amide bonds. The summed E-state index contributed by atoms with van der Waals surface area (Å²) in [5.41, 5.74) is 0. The van der Waals surface area contributed by atoms with Crippen molar-refractivity contribution in [3.8, 4) is 0 Å². The van der Waals surface area contributed by atoms with Gasteiger partial charge in [0.05, 0.1) is 12.7 Å². The van der Waals surface area contributed by atoms with E-state index in [1.807, 2.05) is 0 Å². The summed E-state index contributed by atoms with van der Waals surface area (Å²) in [5.74, 6) is 0.845. The number of nitrogens with one attached hydrogen (secondary N) is 1. The number of fused-ring (bicyclic) bond motifs is 1. The van der Waals surface area contributed by atoms with Gasteiger partial charge in [-0.2, -0.15) is 0 Å². The van der Waals surface area contributed by atoms with Gasteiger partial charge in [0, 0.05) is 25.7 Å². The van der Waals surface area contributed by atoms with Crippen molar-refractivity contribution < 1.29 is 4.74 Å². The van der Waals surface area contributed by atoms with Crippen LogP contribution >= 0.6 is 0 Å². The van der Waals surface area contributed by atoms with E-state index < -0.39 is 0 Å². The van der Waals surface area contributed by atoms with Crippen LogP contribution in [0, 0.1) is 5.92 Å². The van der Waals surface area contributed by atoms with E-state index in [0.29, 0.717) is 6.10 Å². The van der Waals surface area contributed by atoms with Crippen LogP contribution in [-0.4, -0.2) is 74.9 Å². The first-order valence-electron chi connectivity index (χ1n) is 7.58. The van der Waals surface area contributed by atoms with Gasteiger partial charge in [0.1, 0.15) is 0 Å². The monoisotopic (exact) mass is 253 g/mol. The van der Waals surface area contributed by atoms with Gasteiger partial charge in [0.2, 0.25) is 0 Å². The van der Waals surface area contributed by atoms with Crippen LogP contribution < -0.4 is 5.32 Å². The number of hydrogen-bond acceptors (Lipinski definition) is 4. The molecule has 3 aliphatic heterocycles. The van der Waals surface area contributed by atoms with Crippen molar-refractivity contribution in [3.05, 3.63) is 0 Å². The Hall–Kier alpha value is -0.160. The van der Waals surface area contributed by atoms with E-state index in [1.54, 1.807) is 0 Å². The zero-order chi connectivity index (χ0) is 12.4. The van der Waals surface area contributed by atoms with Gasteiger partial charge in [-0.1, -0.05) is 0 Å². The van der Waals surface area contributed by atoms with Crippen LogP contribution in [0.4, 0.5) is 0 Å². The molecule has 0 radical (unpaired) electrons. The maximum Gasteiger partial charge on any atom is 0.0829 e. The molecular formula is C14H27N3O. The molecule has 3 unspecified atom stereocenters. The van der Waals surface area contributed by atoms with E-state index in [0.717, 1.165) is 38.2 Å². The highest BCUT2D eigenvalue weighted by Crippen LogP contribution is 2.24. The standard InChI is InChI=1S/C14H27N3O/c1-15-7-12-4-6-16(8-12)9-14-10-17-5-2-3-13(17)11-18-14/h12-15H,2-11H2,1H3. The van der Waals surface area contributed by atoms with Gasteiger partial charge in [0.15, 0.2) is 0 Å². The van der Waals surface area contributed by atoms with Crippen LogP contribution in [0.25, 0.3) is 0 Å². The summed E-state index contributed by atoms with van der Waals surface area (Å²) in [6, 6.07) is 0.733. The van der Waals surface area contributed by atoms with E-state index in [-0.39, 0.29) is 0 Å². The largest absolute Gasteiger partial charge is 0.374 e. The number of nitrogens with zero attached hydrogens (tertiary/aromatic N) is 2. The number of ether oxygens (including phenoxy) is 1. The predicted molar refractivity (Wildman–Crippen MR) is 72.8 cm³/mol. The van der Waals surface area contributed by atoms with Crippen molar-refractivity contribution in [1.82, 2.24) is 15.1 Å². The quantitative estimate of drug-likeness (QED) is 0.784. The third-order valence-electron chi connectivity index (χ3n) is 4.79. The number of hydrogen-bond donors (Lipinski definition) is 1. The molecule has 3 atom stereocenters. The topological polar surface area (TPSA) is 27.7 Å². The van der Waals surface area contributed by atoms with Crippen molar-refractivity contribution in [2.24, 2.45) is 5.92 Å². The Morgan fingerprint density at radius 2 is 2.17 bits per heavy atom. The van der Waals surface area contributed by atoms with Crippen molar-refractivity contribution in [2.75, 3.05) is 52.9 Å². The molecule has 1 N–H and O–H groups in total. The van der Waals surface area contributed by atoms with Crippen molar-refractivity contribution in [3.63, 3.8) is 0 Å². The summed E-state index contributed by atoms with van der Waals surface area (Å²) in [6.45, 7) is 8.25. The van der Waals surface area contributed by atoms with Crippen LogP contribution in [0.1, 0.15) is 19.3 Å². The second kappa shape index (κ2) is 5.87. The predicted octanol–water partition coefficient (Wildman–Crippen LogP) is 0.391. The molecule has 3 saturated heterocycles. The molecule has 0 aliphatic carbocycles. The summed E-state index contributed by atoms with van der Waals surface area (Å²) in [6.07, 6.45) is 4.52. The Morgan fingerprint density at radius 1 is 1.22 bits per heavy atom. The molecular weight excluding hydrogens is 226 g/mol. The van der Waals surface area contributed by atoms with Crippen LogP contribution in [0.5, 0.6) is 0 Å². The lowest BCUT2D eigenvalue weighted by atomic mass is 10.1. The first-order chi connectivity index (χ1) is 8.85. The van der Waals surface area contributed by atoms with Crippen LogP contribution in [0.3, 0.4) is 0 Å². The SMILES string of the molecule is CNCC1CCN(CC2CN3CCCC3CO2)C1. The minimum absolute atomic E-state index is 0.452. The molecule has 3 heterocycles. The Labute approximate surface area is 111 Å². The first kappa shape index (κ1) is 12.9. The zero-order valence-electron chi connectivity index (χ0n) is 11.6. The highest BCUT2D eigenvalue weighted by molar-refractivity contribution is 4.87. The number of rotatable bonds is 4. The maximum atomic E-state index is 6.05. The van der Waals surface area contributed by atoms with Crippen molar-refractivity contribution in [2.45, 2.75) is 31.4 Å². The molecule has 0 aromatic heterocycles. The average Bonchev–Trinajstić information content (AvgIpc) is 2.98. The highest BCUT2D eigenvalue weighted by atomic mass is 16.5. The lowest BCUT2D eigenvalue weighted by molar-refractivity contribution is -0.0592. The van der Waals surface area contributed by atoms with Gasteiger partial charge in [-0.15, -0.1) is 0 Å². The van der Waals surface area contributed by atoms with E-state index >= 15 is 0 Å². The van der Waals surface area contributed by atoms with Gasteiger partial charge >= 0.3 is 0 Å². The van der Waals surface area contributed by atoms with Crippen molar-refractivity contribution >= 4 is 0 Å². The van der Waals surface area contributed by atoms with E-state index in [2.05, 4.69) is 22.2 Å². The summed E-state index contributed by atoms with van der Waals surface area (Å²) in [7, 11) is 2.06. The third kappa shape index (κ3) is 2.87. The van der Waals surface area contributed by atoms with E-state index in [4.69, 9.17) is 4.74 Å². The Bertz CT molecular complexity index is 274. The van der Waals surface area contributed by atoms with Gasteiger partial charge in [-0.25, -0.2) is 0 Å². The molecule has 3 rings (SSSR count). The van der Waals surface area contributed by atoms with Crippen LogP contribution in [-0.2, 0) is 4.74 Å². The lowest BCUT2D eigenvalue weighted by Crippen LogP contribution is -2.49. The minimum Gasteiger partial charge on any atom is -0.374 e. The van der Waals surface area contributed by atoms with Gasteiger partial charge in [-0.05, 0) is 51.9 Å². The fourth-order valence-corrected chi connectivity index (χ4v) is 3.82. The fraction of sp³-hybridized carbons (Fsp3) is 1.00. The number of likely N-dealkylation sites (tertiary alicyclic amines) is 1. The summed E-state index contributed by atoms with van der Waals surface area (Å²) in [5, 5.41) is 3.30. The minimum atomic E-state index is 0.452. The molecule has 0 aromatic rings. The summed E-state index contributed by atoms with van der Waals surface area (Å²) < 4.78 is 6.05. The van der Waals surface area contributed by atoms with E-state index in [1.165, 1.54) is 38.9 Å². The first-order valence-corrected chi connectivity index (χ1v) is 7.58. The maximum absolute atomic E-state index is 6.05. The Balaban J connectivity index is 1.43. The summed E-state index contributed by atoms with van der Waals surface area (Å²) in [4.78, 5) is 5.25. The fourth-order valence-electron chi connectivity index (χ4n) is 3.82.